The predicted octanol–water partition coefficient (Wildman–Crippen LogP) is 1.44. The smallest absolute Gasteiger partial charge is 0.172 e. The van der Waals surface area contributed by atoms with Crippen LogP contribution in [0.1, 0.15) is 20.3 Å². The van der Waals surface area contributed by atoms with Gasteiger partial charge in [-0.2, -0.15) is 5.26 Å². The summed E-state index contributed by atoms with van der Waals surface area (Å²) in [5.41, 5.74) is 0.262. The van der Waals surface area contributed by atoms with Crippen LogP contribution in [0, 0.1) is 11.3 Å². The van der Waals surface area contributed by atoms with Crippen molar-refractivity contribution in [1.29, 1.82) is 5.26 Å². The first-order valence-electron chi connectivity index (χ1n) is 2.85. The highest BCUT2D eigenvalue weighted by Gasteiger charge is 2.01. The van der Waals surface area contributed by atoms with Gasteiger partial charge in [0.05, 0.1) is 5.57 Å². The fourth-order valence-corrected chi connectivity index (χ4v) is 0.478. The normalized spacial score (nSPS) is 10.6. The van der Waals surface area contributed by atoms with Gasteiger partial charge in [0.2, 0.25) is 0 Å². The van der Waals surface area contributed by atoms with Gasteiger partial charge in [0.1, 0.15) is 6.07 Å². The summed E-state index contributed by atoms with van der Waals surface area (Å²) in [5, 5.41) is 8.29. The Kier molecular flexibility index (Phi) is 3.38. The molecular formula is C7H9NO. The predicted molar refractivity (Wildman–Crippen MR) is 34.7 cm³/mol. The van der Waals surface area contributed by atoms with E-state index in [0.29, 0.717) is 6.42 Å². The molecular weight excluding hydrogens is 114 g/mol. The van der Waals surface area contributed by atoms with E-state index in [1.54, 1.807) is 13.8 Å². The first-order valence-corrected chi connectivity index (χ1v) is 2.85. The quantitative estimate of drug-likeness (QED) is 0.411. The number of nitriles is 1. The standard InChI is InChI=1S/C7H9NO/c1-3-6(5-8)7(9)4-2/h3H,4H2,1-2H3. The molecule has 0 spiro atoms. The zero-order chi connectivity index (χ0) is 7.28. The summed E-state index contributed by atoms with van der Waals surface area (Å²) in [6, 6.07) is 1.81. The van der Waals surface area contributed by atoms with Crippen molar-refractivity contribution in [1.82, 2.24) is 0 Å². The lowest BCUT2D eigenvalue weighted by molar-refractivity contribution is -0.114. The van der Waals surface area contributed by atoms with E-state index in [1.165, 1.54) is 6.08 Å². The topological polar surface area (TPSA) is 40.9 Å². The molecule has 0 N–H and O–H groups in total. The maximum atomic E-state index is 10.7. The minimum Gasteiger partial charge on any atom is -0.293 e. The number of allylic oxidation sites excluding steroid dienone is 2. The number of hydrogen-bond acceptors (Lipinski definition) is 2. The number of ketones is 1. The number of hydrogen-bond donors (Lipinski definition) is 0. The fourth-order valence-electron chi connectivity index (χ4n) is 0.478. The van der Waals surface area contributed by atoms with Gasteiger partial charge in [-0.3, -0.25) is 4.79 Å². The Morgan fingerprint density at radius 2 is 2.33 bits per heavy atom. The molecule has 0 unspecified atom stereocenters. The molecule has 9 heavy (non-hydrogen) atoms. The van der Waals surface area contributed by atoms with Crippen molar-refractivity contribution >= 4 is 5.78 Å². The van der Waals surface area contributed by atoms with Gasteiger partial charge in [0.25, 0.3) is 0 Å². The average Bonchev–Trinajstić information content (AvgIpc) is 1.90. The van der Waals surface area contributed by atoms with Crippen molar-refractivity contribution in [2.75, 3.05) is 0 Å². The van der Waals surface area contributed by atoms with Gasteiger partial charge >= 0.3 is 0 Å². The van der Waals surface area contributed by atoms with Crippen molar-refractivity contribution in [3.05, 3.63) is 11.6 Å². The zero-order valence-electron chi connectivity index (χ0n) is 5.64. The van der Waals surface area contributed by atoms with Crippen molar-refractivity contribution in [3.8, 4) is 6.07 Å². The molecule has 0 amide bonds. The van der Waals surface area contributed by atoms with Crippen LogP contribution in [0.4, 0.5) is 0 Å². The molecule has 0 rings (SSSR count). The zero-order valence-corrected chi connectivity index (χ0v) is 5.64. The van der Waals surface area contributed by atoms with Crippen molar-refractivity contribution in [2.45, 2.75) is 20.3 Å². The van der Waals surface area contributed by atoms with Crippen LogP contribution in [-0.4, -0.2) is 5.78 Å². The van der Waals surface area contributed by atoms with Crippen LogP contribution in [0.25, 0.3) is 0 Å². The first kappa shape index (κ1) is 7.90. The fraction of sp³-hybridized carbons (Fsp3) is 0.429. The van der Waals surface area contributed by atoms with Crippen LogP contribution in [0.3, 0.4) is 0 Å². The van der Waals surface area contributed by atoms with E-state index >= 15 is 0 Å². The molecule has 0 radical (unpaired) electrons. The number of rotatable bonds is 2. The Morgan fingerprint density at radius 3 is 2.44 bits per heavy atom. The summed E-state index contributed by atoms with van der Waals surface area (Å²) in [6.45, 7) is 3.43. The summed E-state index contributed by atoms with van der Waals surface area (Å²) >= 11 is 0. The Morgan fingerprint density at radius 1 is 1.78 bits per heavy atom. The molecule has 2 heteroatoms. The Labute approximate surface area is 54.8 Å². The Balaban J connectivity index is 4.19. The van der Waals surface area contributed by atoms with Crippen molar-refractivity contribution in [2.24, 2.45) is 0 Å². The van der Waals surface area contributed by atoms with E-state index < -0.39 is 0 Å². The van der Waals surface area contributed by atoms with Gasteiger partial charge in [0.15, 0.2) is 5.78 Å². The van der Waals surface area contributed by atoms with E-state index in [-0.39, 0.29) is 11.4 Å². The van der Waals surface area contributed by atoms with E-state index in [9.17, 15) is 4.79 Å². The summed E-state index contributed by atoms with van der Waals surface area (Å²) in [7, 11) is 0. The van der Waals surface area contributed by atoms with E-state index in [1.807, 2.05) is 6.07 Å². The third kappa shape index (κ3) is 2.09. The molecule has 0 saturated heterocycles. The molecule has 2 nitrogen and oxygen atoms in total. The van der Waals surface area contributed by atoms with Crippen molar-refractivity contribution < 1.29 is 4.79 Å². The number of nitrogens with zero attached hydrogens (tertiary/aromatic N) is 1. The highest BCUT2D eigenvalue weighted by Crippen LogP contribution is 1.96. The van der Waals surface area contributed by atoms with E-state index in [2.05, 4.69) is 0 Å². The summed E-state index contributed by atoms with van der Waals surface area (Å²) in [4.78, 5) is 10.7. The molecule has 48 valence electrons. The van der Waals surface area contributed by atoms with Crippen molar-refractivity contribution in [3.63, 3.8) is 0 Å². The Hall–Kier alpha value is -1.10. The SMILES string of the molecule is CC=C(C#N)C(=O)CC. The molecule has 0 aliphatic rings. The maximum absolute atomic E-state index is 10.7. The largest absolute Gasteiger partial charge is 0.293 e. The maximum Gasteiger partial charge on any atom is 0.172 e. The lowest BCUT2D eigenvalue weighted by atomic mass is 10.1. The molecule has 0 aromatic heterocycles. The molecule has 0 aromatic carbocycles. The molecule has 0 atom stereocenters. The average molecular weight is 123 g/mol. The summed E-state index contributed by atoms with van der Waals surface area (Å²) in [6.07, 6.45) is 1.94. The number of Topliss-reactive ketones (excluding diaryl/α,β-unsaturated/α-hetero) is 1. The van der Waals surface area contributed by atoms with E-state index in [0.717, 1.165) is 0 Å². The third-order valence-corrected chi connectivity index (χ3v) is 1.03. The number of carbonyl (C=O) groups is 1. The van der Waals surface area contributed by atoms with Crippen LogP contribution in [0.5, 0.6) is 0 Å². The van der Waals surface area contributed by atoms with Crippen LogP contribution >= 0.6 is 0 Å². The van der Waals surface area contributed by atoms with Gasteiger partial charge in [-0.15, -0.1) is 0 Å². The second-order valence-electron chi connectivity index (χ2n) is 1.59. The lowest BCUT2D eigenvalue weighted by Crippen LogP contribution is -1.96. The second-order valence-corrected chi connectivity index (χ2v) is 1.59. The molecule has 0 aliphatic carbocycles. The van der Waals surface area contributed by atoms with Gasteiger partial charge in [-0.1, -0.05) is 13.0 Å². The van der Waals surface area contributed by atoms with E-state index in [4.69, 9.17) is 5.26 Å². The van der Waals surface area contributed by atoms with Gasteiger partial charge in [-0.25, -0.2) is 0 Å². The summed E-state index contributed by atoms with van der Waals surface area (Å²) < 4.78 is 0. The highest BCUT2D eigenvalue weighted by atomic mass is 16.1. The molecule has 0 saturated carbocycles. The second kappa shape index (κ2) is 3.85. The molecule has 0 aromatic rings. The summed E-state index contributed by atoms with van der Waals surface area (Å²) in [5.74, 6) is -0.0833. The van der Waals surface area contributed by atoms with Crippen LogP contribution in [0.2, 0.25) is 0 Å². The highest BCUT2D eigenvalue weighted by molar-refractivity contribution is 5.98. The van der Waals surface area contributed by atoms with Crippen LogP contribution < -0.4 is 0 Å². The third-order valence-electron chi connectivity index (χ3n) is 1.03. The molecule has 0 bridgehead atoms. The monoisotopic (exact) mass is 123 g/mol. The lowest BCUT2D eigenvalue weighted by Gasteiger charge is -1.88. The van der Waals surface area contributed by atoms with Gasteiger partial charge < -0.3 is 0 Å². The molecule has 0 aliphatic heterocycles. The first-order chi connectivity index (χ1) is 4.26. The minimum absolute atomic E-state index is 0.0833. The van der Waals surface area contributed by atoms with Gasteiger partial charge in [0, 0.05) is 6.42 Å². The van der Waals surface area contributed by atoms with Gasteiger partial charge in [-0.05, 0) is 6.92 Å². The van der Waals surface area contributed by atoms with Crippen LogP contribution in [0.15, 0.2) is 11.6 Å². The molecule has 0 fully saturated rings. The minimum atomic E-state index is -0.0833. The Bertz CT molecular complexity index is 174. The number of carbonyl (C=O) groups excluding carboxylic acids is 1. The molecule has 0 heterocycles. The van der Waals surface area contributed by atoms with Crippen LogP contribution in [-0.2, 0) is 4.79 Å².